The highest BCUT2D eigenvalue weighted by atomic mass is 35.5. The number of carbonyl (C=O) groups is 1. The highest BCUT2D eigenvalue weighted by molar-refractivity contribution is 7.89. The van der Waals surface area contributed by atoms with Crippen molar-refractivity contribution in [1.29, 1.82) is 0 Å². The molecule has 2 aromatic carbocycles. The number of halogens is 3. The van der Waals surface area contributed by atoms with Crippen LogP contribution < -0.4 is 5.32 Å². The van der Waals surface area contributed by atoms with Crippen LogP contribution in [-0.4, -0.2) is 49.9 Å². The first-order chi connectivity index (χ1) is 14.3. The molecule has 158 valence electrons. The smallest absolute Gasteiger partial charge is 0.273 e. The van der Waals surface area contributed by atoms with Gasteiger partial charge < -0.3 is 15.0 Å². The standard InChI is InChI=1S/C19H16ClF2N3O4S/c20-17-13-9-11(21)1-4-15(13)24-18(17)19(26)23-12-2-3-14(22)16(10-12)30(27,28)25-5-7-29-8-6-25/h1-4,9-10,24H,5-8H2,(H,23,26). The molecule has 11 heteroatoms. The molecule has 0 atom stereocenters. The average Bonchev–Trinajstić information content (AvgIpc) is 3.06. The molecule has 0 spiro atoms. The predicted molar refractivity (Wildman–Crippen MR) is 107 cm³/mol. The molecule has 1 aromatic heterocycles. The van der Waals surface area contributed by atoms with Gasteiger partial charge >= 0.3 is 0 Å². The maximum Gasteiger partial charge on any atom is 0.273 e. The third kappa shape index (κ3) is 3.79. The highest BCUT2D eigenvalue weighted by Gasteiger charge is 2.29. The molecule has 4 rings (SSSR count). The summed E-state index contributed by atoms with van der Waals surface area (Å²) in [5.74, 6) is -2.12. The summed E-state index contributed by atoms with van der Waals surface area (Å²) in [5, 5.41) is 2.84. The van der Waals surface area contributed by atoms with Crippen molar-refractivity contribution < 1.29 is 26.7 Å². The average molecular weight is 456 g/mol. The van der Waals surface area contributed by atoms with E-state index >= 15 is 0 Å². The lowest BCUT2D eigenvalue weighted by Crippen LogP contribution is -2.40. The van der Waals surface area contributed by atoms with Crippen LogP contribution in [0.15, 0.2) is 41.3 Å². The van der Waals surface area contributed by atoms with E-state index < -0.39 is 32.5 Å². The zero-order valence-electron chi connectivity index (χ0n) is 15.4. The number of aromatic nitrogens is 1. The van der Waals surface area contributed by atoms with Crippen molar-refractivity contribution in [3.05, 3.63) is 58.7 Å². The summed E-state index contributed by atoms with van der Waals surface area (Å²) < 4.78 is 59.6. The summed E-state index contributed by atoms with van der Waals surface area (Å²) in [6, 6.07) is 7.11. The molecular formula is C19H16ClF2N3O4S. The number of nitrogens with one attached hydrogen (secondary N) is 2. The number of hydrogen-bond donors (Lipinski definition) is 2. The Morgan fingerprint density at radius 3 is 2.60 bits per heavy atom. The van der Waals surface area contributed by atoms with Gasteiger partial charge in [0, 0.05) is 29.7 Å². The van der Waals surface area contributed by atoms with Gasteiger partial charge in [-0.3, -0.25) is 4.79 Å². The quantitative estimate of drug-likeness (QED) is 0.631. The molecule has 0 bridgehead atoms. The first-order valence-electron chi connectivity index (χ1n) is 8.93. The number of H-pyrrole nitrogens is 1. The van der Waals surface area contributed by atoms with Crippen LogP contribution in [0.3, 0.4) is 0 Å². The van der Waals surface area contributed by atoms with Gasteiger partial charge in [-0.2, -0.15) is 4.31 Å². The number of rotatable bonds is 4. The maximum absolute atomic E-state index is 14.3. The summed E-state index contributed by atoms with van der Waals surface area (Å²) in [5.41, 5.74) is 0.495. The third-order valence-electron chi connectivity index (χ3n) is 4.70. The minimum atomic E-state index is -4.10. The number of morpholine rings is 1. The van der Waals surface area contributed by atoms with Gasteiger partial charge in [0.2, 0.25) is 10.0 Å². The van der Waals surface area contributed by atoms with E-state index in [2.05, 4.69) is 10.3 Å². The van der Waals surface area contributed by atoms with Gasteiger partial charge in [0.1, 0.15) is 22.2 Å². The molecule has 1 aliphatic heterocycles. The van der Waals surface area contributed by atoms with E-state index in [4.69, 9.17) is 16.3 Å². The normalized spacial score (nSPS) is 15.4. The van der Waals surface area contributed by atoms with Crippen molar-refractivity contribution in [2.45, 2.75) is 4.90 Å². The topological polar surface area (TPSA) is 91.5 Å². The first kappa shape index (κ1) is 20.7. The second-order valence-electron chi connectivity index (χ2n) is 6.62. The summed E-state index contributed by atoms with van der Waals surface area (Å²) >= 11 is 6.19. The zero-order chi connectivity index (χ0) is 21.5. The van der Waals surface area contributed by atoms with E-state index in [0.29, 0.717) is 10.9 Å². The largest absolute Gasteiger partial charge is 0.379 e. The van der Waals surface area contributed by atoms with Crippen molar-refractivity contribution >= 4 is 44.1 Å². The molecule has 2 N–H and O–H groups in total. The Morgan fingerprint density at radius 2 is 1.87 bits per heavy atom. The molecule has 7 nitrogen and oxygen atoms in total. The molecule has 0 radical (unpaired) electrons. The Bertz CT molecular complexity index is 1240. The lowest BCUT2D eigenvalue weighted by molar-refractivity contribution is 0.0729. The first-order valence-corrected chi connectivity index (χ1v) is 10.7. The Morgan fingerprint density at radius 1 is 1.13 bits per heavy atom. The number of hydrogen-bond acceptors (Lipinski definition) is 4. The Labute approximate surface area is 175 Å². The van der Waals surface area contributed by atoms with Crippen LogP contribution in [-0.2, 0) is 14.8 Å². The monoisotopic (exact) mass is 455 g/mol. The SMILES string of the molecule is O=C(Nc1ccc(F)c(S(=O)(=O)N2CCOCC2)c1)c1[nH]c2ccc(F)cc2c1Cl. The number of carbonyl (C=O) groups excluding carboxylic acids is 1. The number of aromatic amines is 1. The van der Waals surface area contributed by atoms with E-state index in [0.717, 1.165) is 16.4 Å². The molecule has 1 amide bonds. The fourth-order valence-corrected chi connectivity index (χ4v) is 4.97. The molecule has 0 unspecified atom stereocenters. The maximum atomic E-state index is 14.3. The molecule has 3 aromatic rings. The second kappa shape index (κ2) is 7.95. The minimum absolute atomic E-state index is 0.0188. The van der Waals surface area contributed by atoms with Gasteiger partial charge in [0.05, 0.1) is 18.2 Å². The van der Waals surface area contributed by atoms with Gasteiger partial charge in [-0.05, 0) is 36.4 Å². The van der Waals surface area contributed by atoms with E-state index in [1.54, 1.807) is 0 Å². The van der Waals surface area contributed by atoms with Crippen molar-refractivity contribution in [1.82, 2.24) is 9.29 Å². The lowest BCUT2D eigenvalue weighted by Gasteiger charge is -2.26. The van der Waals surface area contributed by atoms with Crippen molar-refractivity contribution in [2.75, 3.05) is 31.6 Å². The second-order valence-corrected chi connectivity index (χ2v) is 8.90. The van der Waals surface area contributed by atoms with Gasteiger partial charge in [0.15, 0.2) is 0 Å². The molecule has 1 aliphatic rings. The number of amides is 1. The number of benzene rings is 2. The fraction of sp³-hybridized carbons (Fsp3) is 0.211. The van der Waals surface area contributed by atoms with Gasteiger partial charge in [-0.15, -0.1) is 0 Å². The van der Waals surface area contributed by atoms with E-state index in [9.17, 15) is 22.0 Å². The molecular weight excluding hydrogens is 440 g/mol. The van der Waals surface area contributed by atoms with Crippen molar-refractivity contribution in [2.24, 2.45) is 0 Å². The summed E-state index contributed by atoms with van der Waals surface area (Å²) in [6.45, 7) is 0.659. The predicted octanol–water partition coefficient (Wildman–Crippen LogP) is 3.37. The molecule has 1 fully saturated rings. The summed E-state index contributed by atoms with van der Waals surface area (Å²) in [7, 11) is -4.10. The number of nitrogens with zero attached hydrogens (tertiary/aromatic N) is 1. The van der Waals surface area contributed by atoms with E-state index in [-0.39, 0.29) is 42.7 Å². The Kier molecular flexibility index (Phi) is 5.49. The van der Waals surface area contributed by atoms with Crippen LogP contribution in [0.5, 0.6) is 0 Å². The molecule has 1 saturated heterocycles. The number of fused-ring (bicyclic) bond motifs is 1. The van der Waals surface area contributed by atoms with Gasteiger partial charge in [-0.1, -0.05) is 11.6 Å². The van der Waals surface area contributed by atoms with Crippen molar-refractivity contribution in [3.8, 4) is 0 Å². The van der Waals surface area contributed by atoms with E-state index in [1.165, 1.54) is 24.3 Å². The fourth-order valence-electron chi connectivity index (χ4n) is 3.19. The van der Waals surface area contributed by atoms with Crippen molar-refractivity contribution in [3.63, 3.8) is 0 Å². The van der Waals surface area contributed by atoms with E-state index in [1.807, 2.05) is 0 Å². The molecule has 0 saturated carbocycles. The Balaban J connectivity index is 1.63. The van der Waals surface area contributed by atoms with Crippen LogP contribution in [0.2, 0.25) is 5.02 Å². The molecule has 0 aliphatic carbocycles. The highest BCUT2D eigenvalue weighted by Crippen LogP contribution is 2.29. The van der Waals surface area contributed by atoms with Gasteiger partial charge in [0.25, 0.3) is 5.91 Å². The van der Waals surface area contributed by atoms with Crippen LogP contribution in [0, 0.1) is 11.6 Å². The number of anilines is 1. The van der Waals surface area contributed by atoms with Crippen LogP contribution in [0.1, 0.15) is 10.5 Å². The van der Waals surface area contributed by atoms with Gasteiger partial charge in [-0.25, -0.2) is 17.2 Å². The van der Waals surface area contributed by atoms with Crippen LogP contribution in [0.25, 0.3) is 10.9 Å². The Hall–Kier alpha value is -2.53. The molecule has 2 heterocycles. The number of sulfonamides is 1. The third-order valence-corrected chi connectivity index (χ3v) is 7.01. The van der Waals surface area contributed by atoms with Crippen LogP contribution in [0.4, 0.5) is 14.5 Å². The summed E-state index contributed by atoms with van der Waals surface area (Å²) in [6.07, 6.45) is 0. The number of ether oxygens (including phenoxy) is 1. The lowest BCUT2D eigenvalue weighted by atomic mass is 10.2. The van der Waals surface area contributed by atoms with Crippen LogP contribution >= 0.6 is 11.6 Å². The summed E-state index contributed by atoms with van der Waals surface area (Å²) in [4.78, 5) is 14.9. The minimum Gasteiger partial charge on any atom is -0.379 e. The zero-order valence-corrected chi connectivity index (χ0v) is 17.0. The molecule has 30 heavy (non-hydrogen) atoms.